The molecule has 0 atom stereocenters. The van der Waals surface area contributed by atoms with Gasteiger partial charge in [-0.05, 0) is 56.8 Å². The van der Waals surface area contributed by atoms with Crippen molar-refractivity contribution in [3.63, 3.8) is 0 Å². The molecule has 0 bridgehead atoms. The van der Waals surface area contributed by atoms with E-state index < -0.39 is 0 Å². The number of carbonyl (C=O) groups is 1. The average Bonchev–Trinajstić information content (AvgIpc) is 2.73. The van der Waals surface area contributed by atoms with E-state index in [0.717, 1.165) is 50.6 Å². The van der Waals surface area contributed by atoms with Crippen LogP contribution in [0.1, 0.15) is 32.1 Å². The van der Waals surface area contributed by atoms with Crippen molar-refractivity contribution in [3.8, 4) is 0 Å². The highest BCUT2D eigenvalue weighted by molar-refractivity contribution is 5.97. The molecule has 1 aromatic carbocycles. The van der Waals surface area contributed by atoms with E-state index in [1.807, 2.05) is 11.0 Å². The first-order chi connectivity index (χ1) is 10.8. The fourth-order valence-electron chi connectivity index (χ4n) is 3.61. The van der Waals surface area contributed by atoms with Crippen LogP contribution in [0, 0.1) is 5.92 Å². The Morgan fingerprint density at radius 3 is 2.50 bits per heavy atom. The highest BCUT2D eigenvalue weighted by Crippen LogP contribution is 2.32. The van der Waals surface area contributed by atoms with Crippen LogP contribution in [0.2, 0.25) is 0 Å². The topological polar surface area (TPSA) is 35.6 Å². The maximum atomic E-state index is 12.8. The number of piperidine rings is 1. The van der Waals surface area contributed by atoms with E-state index in [9.17, 15) is 4.79 Å². The quantitative estimate of drug-likeness (QED) is 0.880. The van der Waals surface area contributed by atoms with Gasteiger partial charge in [0.2, 0.25) is 5.91 Å². The largest absolute Gasteiger partial charge is 0.373 e. The molecule has 0 saturated carbocycles. The SMILES string of the molecule is CN1CCCN(C(=O)CCC2CCNCC2)c2ccccc21.Cl.Cl. The average molecular weight is 374 g/mol. The molecule has 2 aliphatic rings. The number of carbonyl (C=O) groups excluding carboxylic acids is 1. The summed E-state index contributed by atoms with van der Waals surface area (Å²) in [7, 11) is 2.11. The lowest BCUT2D eigenvalue weighted by Gasteiger charge is -2.26. The molecule has 0 spiro atoms. The van der Waals surface area contributed by atoms with Crippen LogP contribution < -0.4 is 15.1 Å². The third-order valence-corrected chi connectivity index (χ3v) is 4.99. The number of halogens is 2. The third kappa shape index (κ3) is 5.01. The number of nitrogens with one attached hydrogen (secondary N) is 1. The fourth-order valence-corrected chi connectivity index (χ4v) is 3.61. The summed E-state index contributed by atoms with van der Waals surface area (Å²) in [6.07, 6.45) is 5.18. The number of para-hydroxylation sites is 2. The molecule has 136 valence electrons. The molecule has 6 heteroatoms. The number of fused-ring (bicyclic) bond motifs is 1. The van der Waals surface area contributed by atoms with E-state index in [1.165, 1.54) is 18.5 Å². The van der Waals surface area contributed by atoms with Gasteiger partial charge in [-0.3, -0.25) is 4.79 Å². The zero-order valence-electron chi connectivity index (χ0n) is 14.4. The van der Waals surface area contributed by atoms with E-state index in [4.69, 9.17) is 0 Å². The Balaban J connectivity index is 0.00000144. The zero-order valence-corrected chi connectivity index (χ0v) is 16.0. The summed E-state index contributed by atoms with van der Waals surface area (Å²) in [5, 5.41) is 3.39. The first kappa shape index (κ1) is 21.1. The van der Waals surface area contributed by atoms with Crippen LogP contribution in [-0.4, -0.2) is 39.1 Å². The van der Waals surface area contributed by atoms with Crippen molar-refractivity contribution in [3.05, 3.63) is 24.3 Å². The molecular weight excluding hydrogens is 345 g/mol. The number of amides is 1. The summed E-state index contributed by atoms with van der Waals surface area (Å²) >= 11 is 0. The van der Waals surface area contributed by atoms with Crippen molar-refractivity contribution >= 4 is 42.1 Å². The predicted octanol–water partition coefficient (Wildman–Crippen LogP) is 3.48. The van der Waals surface area contributed by atoms with Crippen LogP contribution in [0.3, 0.4) is 0 Å². The van der Waals surface area contributed by atoms with Crippen molar-refractivity contribution in [2.24, 2.45) is 5.92 Å². The lowest BCUT2D eigenvalue weighted by molar-refractivity contribution is -0.118. The van der Waals surface area contributed by atoms with Gasteiger partial charge in [0.1, 0.15) is 0 Å². The lowest BCUT2D eigenvalue weighted by atomic mass is 9.93. The van der Waals surface area contributed by atoms with Crippen molar-refractivity contribution in [1.29, 1.82) is 0 Å². The van der Waals surface area contributed by atoms with Crippen LogP contribution in [0.25, 0.3) is 0 Å². The van der Waals surface area contributed by atoms with E-state index in [1.54, 1.807) is 0 Å². The third-order valence-electron chi connectivity index (χ3n) is 4.99. The smallest absolute Gasteiger partial charge is 0.227 e. The minimum atomic E-state index is 0. The van der Waals surface area contributed by atoms with Gasteiger partial charge in [-0.25, -0.2) is 0 Å². The van der Waals surface area contributed by atoms with E-state index in [0.29, 0.717) is 12.3 Å². The molecule has 0 unspecified atom stereocenters. The number of hydrogen-bond donors (Lipinski definition) is 1. The van der Waals surface area contributed by atoms with Crippen LogP contribution in [0.4, 0.5) is 11.4 Å². The summed E-state index contributed by atoms with van der Waals surface area (Å²) < 4.78 is 0. The first-order valence-electron chi connectivity index (χ1n) is 8.57. The normalized spacial score (nSPS) is 18.0. The minimum absolute atomic E-state index is 0. The molecule has 0 aliphatic carbocycles. The van der Waals surface area contributed by atoms with Gasteiger partial charge in [-0.2, -0.15) is 0 Å². The van der Waals surface area contributed by atoms with Gasteiger partial charge in [0.05, 0.1) is 11.4 Å². The Morgan fingerprint density at radius 2 is 1.79 bits per heavy atom. The predicted molar refractivity (Wildman–Crippen MR) is 106 cm³/mol. The number of nitrogens with zero attached hydrogens (tertiary/aromatic N) is 2. The Morgan fingerprint density at radius 1 is 1.12 bits per heavy atom. The highest BCUT2D eigenvalue weighted by Gasteiger charge is 2.23. The van der Waals surface area contributed by atoms with Crippen LogP contribution in [0.5, 0.6) is 0 Å². The molecule has 0 radical (unpaired) electrons. The number of benzene rings is 1. The second-order valence-corrected chi connectivity index (χ2v) is 6.54. The molecule has 24 heavy (non-hydrogen) atoms. The summed E-state index contributed by atoms with van der Waals surface area (Å²) in [6.45, 7) is 4.06. The molecule has 3 rings (SSSR count). The second-order valence-electron chi connectivity index (χ2n) is 6.54. The number of hydrogen-bond acceptors (Lipinski definition) is 3. The van der Waals surface area contributed by atoms with Crippen molar-refractivity contribution in [2.45, 2.75) is 32.1 Å². The maximum absolute atomic E-state index is 12.8. The zero-order chi connectivity index (χ0) is 15.4. The van der Waals surface area contributed by atoms with Crippen LogP contribution in [0.15, 0.2) is 24.3 Å². The van der Waals surface area contributed by atoms with Gasteiger partial charge in [-0.15, -0.1) is 24.8 Å². The van der Waals surface area contributed by atoms with Crippen LogP contribution >= 0.6 is 24.8 Å². The Kier molecular flexibility index (Phi) is 8.88. The van der Waals surface area contributed by atoms with Gasteiger partial charge < -0.3 is 15.1 Å². The molecule has 1 amide bonds. The summed E-state index contributed by atoms with van der Waals surface area (Å²) in [4.78, 5) is 17.0. The van der Waals surface area contributed by atoms with Crippen LogP contribution in [-0.2, 0) is 4.79 Å². The first-order valence-corrected chi connectivity index (χ1v) is 8.57. The monoisotopic (exact) mass is 373 g/mol. The molecule has 2 aliphatic heterocycles. The standard InChI is InChI=1S/C18H27N3O.2ClH/c1-20-13-4-14-21(17-6-3-2-5-16(17)20)18(22)8-7-15-9-11-19-12-10-15;;/h2-3,5-6,15,19H,4,7-14H2,1H3;2*1H. The molecule has 1 aromatic rings. The van der Waals surface area contributed by atoms with Crippen molar-refractivity contribution in [2.75, 3.05) is 43.0 Å². The van der Waals surface area contributed by atoms with E-state index >= 15 is 0 Å². The van der Waals surface area contributed by atoms with Gasteiger partial charge in [0.25, 0.3) is 0 Å². The molecule has 1 N–H and O–H groups in total. The summed E-state index contributed by atoms with van der Waals surface area (Å²) in [6, 6.07) is 8.29. The van der Waals surface area contributed by atoms with E-state index in [2.05, 4.69) is 35.5 Å². The second kappa shape index (κ2) is 10.1. The maximum Gasteiger partial charge on any atom is 0.227 e. The minimum Gasteiger partial charge on any atom is -0.373 e. The number of rotatable bonds is 3. The van der Waals surface area contributed by atoms with Crippen molar-refractivity contribution in [1.82, 2.24) is 5.32 Å². The molecule has 1 saturated heterocycles. The van der Waals surface area contributed by atoms with Crippen molar-refractivity contribution < 1.29 is 4.79 Å². The summed E-state index contributed by atoms with van der Waals surface area (Å²) in [5.74, 6) is 1.01. The molecule has 2 heterocycles. The summed E-state index contributed by atoms with van der Waals surface area (Å²) in [5.41, 5.74) is 2.26. The number of anilines is 2. The van der Waals surface area contributed by atoms with Gasteiger partial charge in [0, 0.05) is 26.6 Å². The highest BCUT2D eigenvalue weighted by atomic mass is 35.5. The molecule has 0 aromatic heterocycles. The lowest BCUT2D eigenvalue weighted by Crippen LogP contribution is -2.33. The fraction of sp³-hybridized carbons (Fsp3) is 0.611. The molecule has 4 nitrogen and oxygen atoms in total. The Hall–Kier alpha value is -0.970. The Bertz CT molecular complexity index is 521. The van der Waals surface area contributed by atoms with Gasteiger partial charge in [0.15, 0.2) is 0 Å². The van der Waals surface area contributed by atoms with Gasteiger partial charge >= 0.3 is 0 Å². The van der Waals surface area contributed by atoms with Gasteiger partial charge in [-0.1, -0.05) is 12.1 Å². The Labute approximate surface area is 157 Å². The molecular formula is C18H29Cl2N3O. The molecule has 1 fully saturated rings. The van der Waals surface area contributed by atoms with E-state index in [-0.39, 0.29) is 24.8 Å².